The van der Waals surface area contributed by atoms with Gasteiger partial charge in [0.1, 0.15) is 33.3 Å². The summed E-state index contributed by atoms with van der Waals surface area (Å²) in [5, 5.41) is 22.4. The minimum absolute atomic E-state index is 0. The number of nitrogens with zero attached hydrogens (tertiary/aromatic N) is 5. The summed E-state index contributed by atoms with van der Waals surface area (Å²) in [5.41, 5.74) is 15.0. The molecule has 0 spiro atoms. The molecule has 564 valence electrons. The summed E-state index contributed by atoms with van der Waals surface area (Å²) >= 11 is 23.3. The van der Waals surface area contributed by atoms with Crippen molar-refractivity contribution in [3.8, 4) is 0 Å². The topological polar surface area (TPSA) is 316 Å². The number of carboxylic acids is 1. The summed E-state index contributed by atoms with van der Waals surface area (Å²) in [6.07, 6.45) is 13.0. The molecule has 9 N–H and O–H groups in total. The number of aromatic carboxylic acids is 1. The van der Waals surface area contributed by atoms with Crippen LogP contribution in [0.15, 0.2) is 200 Å². The lowest BCUT2D eigenvalue weighted by Gasteiger charge is -2.19. The van der Waals surface area contributed by atoms with Gasteiger partial charge in [0.15, 0.2) is 11.2 Å². The zero-order chi connectivity index (χ0) is 71.5. The van der Waals surface area contributed by atoms with Crippen molar-refractivity contribution in [3.05, 3.63) is 261 Å². The van der Waals surface area contributed by atoms with E-state index in [1.807, 2.05) is 99.6 Å². The van der Waals surface area contributed by atoms with Crippen molar-refractivity contribution >= 4 is 111 Å². The van der Waals surface area contributed by atoms with E-state index in [4.69, 9.17) is 76.5 Å². The highest BCUT2D eigenvalue weighted by molar-refractivity contribution is 6.31. The third-order valence-corrected chi connectivity index (χ3v) is 15.1. The number of halogens is 5. The van der Waals surface area contributed by atoms with Gasteiger partial charge in [-0.1, -0.05) is 138 Å². The van der Waals surface area contributed by atoms with Gasteiger partial charge in [0, 0.05) is 59.8 Å². The van der Waals surface area contributed by atoms with Gasteiger partial charge in [-0.05, 0) is 204 Å². The van der Waals surface area contributed by atoms with Crippen LogP contribution in [0.2, 0.25) is 20.4 Å². The standard InChI is InChI=1S/C25H25ClN4O3.C18H22ClN3O2.C13H10ClNO3.C10H22N2O2.C7H4ClNO.4CH4.ClH/c26-19-9-6-8-18(16-19)17-30-15-7-10-20(24(30)32)23(31)27-13-4-1-5-14-28-25-29-21-11-2-3-12-22(21)33-25;19-15-7-4-6-14(12-15)13-22-11-5-8-16(18(22)24)17(23)21-10-3-1-2-9-20;14-10-4-1-3-9(7-10)8-15-6-2-5-11(12(15)16)13(17)18;1-10(2,3)14-9(13)12-8-6-4-5-7-11;8-7-9-5-3-1-2-4-6(5)10-7;;;;;/h2-3,6-12,15-16H,1,4-5,13-14,17H2,(H,27,31)(H,28,29);4-8,11-12H,1-3,9-10,13,20H2,(H,21,23);1-7H,8H2,(H,17,18);4-8,11H2,1-3H3,(H,12,13);1-4H;4*1H4;1H. The summed E-state index contributed by atoms with van der Waals surface area (Å²) in [6, 6.07) is 46.6. The quantitative estimate of drug-likeness (QED) is 0.0248. The molecule has 0 radical (unpaired) electrons. The Balaban J connectivity index is 0.000000677. The molecule has 5 aromatic heterocycles. The van der Waals surface area contributed by atoms with Crippen LogP contribution in [-0.2, 0) is 24.4 Å². The Kier molecular flexibility index (Phi) is 44.1. The number of carboxylic acid groups (broad SMARTS) is 1. The summed E-state index contributed by atoms with van der Waals surface area (Å²) in [7, 11) is 0. The Morgan fingerprint density at radius 1 is 0.471 bits per heavy atom. The monoisotopic (exact) mass is 1530 g/mol. The summed E-state index contributed by atoms with van der Waals surface area (Å²) in [6.45, 7) is 10.4. The van der Waals surface area contributed by atoms with Gasteiger partial charge in [-0.25, -0.2) is 9.59 Å². The van der Waals surface area contributed by atoms with E-state index in [-0.39, 0.29) is 93.2 Å². The number of hydrogen-bond acceptors (Lipinski definition) is 15. The van der Waals surface area contributed by atoms with E-state index >= 15 is 0 Å². The third-order valence-electron chi connectivity index (χ3n) is 14.2. The highest BCUT2D eigenvalue weighted by Crippen LogP contribution is 2.20. The van der Waals surface area contributed by atoms with Crippen LogP contribution in [0.4, 0.5) is 10.8 Å². The molecule has 22 nitrogen and oxygen atoms in total. The molecule has 104 heavy (non-hydrogen) atoms. The van der Waals surface area contributed by atoms with Crippen molar-refractivity contribution in [1.29, 1.82) is 0 Å². The Hall–Kier alpha value is -9.26. The normalized spacial score (nSPS) is 10.2. The number of hydrogen-bond donors (Lipinski definition) is 7. The molecule has 5 heterocycles. The number of fused-ring (bicyclic) bond motifs is 2. The number of unbranched alkanes of at least 4 members (excludes halogenated alkanes) is 6. The second-order valence-corrected chi connectivity index (χ2v) is 24.9. The first-order valence-corrected chi connectivity index (χ1v) is 33.7. The second kappa shape index (κ2) is 49.4. The van der Waals surface area contributed by atoms with E-state index in [2.05, 4.69) is 31.2 Å². The van der Waals surface area contributed by atoms with E-state index < -0.39 is 17.1 Å². The van der Waals surface area contributed by atoms with Crippen molar-refractivity contribution in [3.63, 3.8) is 0 Å². The number of amides is 3. The SMILES string of the molecule is C.C.C.C.CC(C)(C)OC(=O)NCCCCCN.Cl.Clc1nc2ccccc2o1.NCCCCCNC(=O)c1cccn(Cc2cccc(Cl)c2)c1=O.O=C(NCCCCCNc1nc2ccccc2o1)c1cccn(Cc2cccc(Cl)c2)c1=O.O=C(O)c1cccn(Cc2cccc(Cl)c2)c1=O. The molecule has 0 aliphatic heterocycles. The van der Waals surface area contributed by atoms with E-state index in [1.165, 1.54) is 25.8 Å². The number of oxazole rings is 2. The maximum Gasteiger partial charge on any atom is 0.407 e. The maximum atomic E-state index is 12.7. The Morgan fingerprint density at radius 3 is 1.24 bits per heavy atom. The van der Waals surface area contributed by atoms with Crippen molar-refractivity contribution < 1.29 is 37.9 Å². The van der Waals surface area contributed by atoms with Gasteiger partial charge in [-0.3, -0.25) is 24.0 Å². The number of benzene rings is 5. The molecule has 0 bridgehead atoms. The zero-order valence-corrected chi connectivity index (χ0v) is 59.7. The number of ether oxygens (including phenoxy) is 1. The maximum absolute atomic E-state index is 12.7. The number of nitrogens with one attached hydrogen (secondary N) is 4. The van der Waals surface area contributed by atoms with Crippen molar-refractivity contribution in [2.45, 2.75) is 134 Å². The van der Waals surface area contributed by atoms with E-state index in [0.29, 0.717) is 73.4 Å². The van der Waals surface area contributed by atoms with Gasteiger partial charge in [-0.15, -0.1) is 12.4 Å². The first kappa shape index (κ1) is 92.8. The van der Waals surface area contributed by atoms with E-state index in [1.54, 1.807) is 85.3 Å². The average Bonchev–Trinajstić information content (AvgIpc) is 0.989. The average molecular weight is 1530 g/mol. The number of alkyl carbamates (subject to hydrolysis) is 1. The molecule has 5 aromatic carbocycles. The predicted octanol–water partition coefficient (Wildman–Crippen LogP) is 16.4. The molecule has 0 saturated carbocycles. The molecule has 0 aliphatic rings. The van der Waals surface area contributed by atoms with E-state index in [0.717, 1.165) is 103 Å². The molecule has 0 unspecified atom stereocenters. The lowest BCUT2D eigenvalue weighted by molar-refractivity contribution is 0.0525. The van der Waals surface area contributed by atoms with Crippen LogP contribution >= 0.6 is 58.8 Å². The molecule has 3 amide bonds. The summed E-state index contributed by atoms with van der Waals surface area (Å²) < 4.78 is 20.1. The van der Waals surface area contributed by atoms with Crippen molar-refractivity contribution in [2.24, 2.45) is 11.5 Å². The Morgan fingerprint density at radius 2 is 0.846 bits per heavy atom. The molecule has 0 fully saturated rings. The number of anilines is 1. The molecule has 27 heteroatoms. The van der Waals surface area contributed by atoms with Crippen LogP contribution < -0.4 is 49.4 Å². The van der Waals surface area contributed by atoms with Crippen molar-refractivity contribution in [1.82, 2.24) is 39.6 Å². The van der Waals surface area contributed by atoms with Gasteiger partial charge < -0.3 is 65.1 Å². The number of pyridine rings is 3. The highest BCUT2D eigenvalue weighted by atomic mass is 35.5. The van der Waals surface area contributed by atoms with Crippen LogP contribution in [0.1, 0.15) is 156 Å². The third kappa shape index (κ3) is 33.0. The van der Waals surface area contributed by atoms with Gasteiger partial charge in [-0.2, -0.15) is 9.97 Å². The molecule has 0 atom stereocenters. The van der Waals surface area contributed by atoms with Crippen LogP contribution in [0, 0.1) is 0 Å². The molecule has 10 aromatic rings. The molecular formula is C77H100Cl5N11O11. The van der Waals surface area contributed by atoms with Gasteiger partial charge in [0.25, 0.3) is 39.9 Å². The van der Waals surface area contributed by atoms with Crippen LogP contribution in [-0.4, -0.2) is 97.5 Å². The fraction of sp³-hybridized carbons (Fsp3) is 0.338. The van der Waals surface area contributed by atoms with Crippen LogP contribution in [0.3, 0.4) is 0 Å². The number of carbonyl (C=O) groups excluding carboxylic acids is 3. The molecule has 0 aliphatic carbocycles. The summed E-state index contributed by atoms with van der Waals surface area (Å²) in [5.74, 6) is -1.92. The van der Waals surface area contributed by atoms with Gasteiger partial charge in [0.05, 0.1) is 19.6 Å². The fourth-order valence-electron chi connectivity index (χ4n) is 9.39. The zero-order valence-electron chi connectivity index (χ0n) is 55.8. The van der Waals surface area contributed by atoms with Crippen LogP contribution in [0.25, 0.3) is 22.2 Å². The lowest BCUT2D eigenvalue weighted by atomic mass is 10.2. The number of carbonyl (C=O) groups is 4. The fourth-order valence-corrected chi connectivity index (χ4v) is 10.2. The number of para-hydroxylation sites is 4. The minimum Gasteiger partial charge on any atom is -0.477 e. The summed E-state index contributed by atoms with van der Waals surface area (Å²) in [4.78, 5) is 92.0. The van der Waals surface area contributed by atoms with Crippen molar-refractivity contribution in [2.75, 3.05) is 44.6 Å². The minimum atomic E-state index is -1.22. The Labute approximate surface area is 635 Å². The highest BCUT2D eigenvalue weighted by Gasteiger charge is 2.17. The molecular weight excluding hydrogens is 1430 g/mol. The molecule has 10 rings (SSSR count). The first-order chi connectivity index (χ1) is 47.6. The van der Waals surface area contributed by atoms with E-state index in [9.17, 15) is 33.6 Å². The van der Waals surface area contributed by atoms with Gasteiger partial charge >= 0.3 is 12.1 Å². The number of nitrogens with two attached hydrogens (primary N) is 2. The number of aromatic nitrogens is 5. The molecule has 0 saturated heterocycles. The second-order valence-electron chi connectivity index (χ2n) is 23.3. The largest absolute Gasteiger partial charge is 0.477 e. The Bertz CT molecular complexity index is 4330. The number of rotatable bonds is 26. The smallest absolute Gasteiger partial charge is 0.407 e. The van der Waals surface area contributed by atoms with Crippen LogP contribution in [0.5, 0.6) is 0 Å². The lowest BCUT2D eigenvalue weighted by Crippen LogP contribution is -2.33. The van der Waals surface area contributed by atoms with Gasteiger partial charge in [0.2, 0.25) is 0 Å². The predicted molar refractivity (Wildman–Crippen MR) is 425 cm³/mol. The first-order valence-electron chi connectivity index (χ1n) is 32.2.